The Hall–Kier alpha value is -3.01. The third-order valence-corrected chi connectivity index (χ3v) is 6.09. The summed E-state index contributed by atoms with van der Waals surface area (Å²) in [6.45, 7) is 0.185. The Bertz CT molecular complexity index is 1020. The highest BCUT2D eigenvalue weighted by atomic mass is 35.5. The smallest absolute Gasteiger partial charge is 0.247 e. The highest BCUT2D eigenvalue weighted by Gasteiger charge is 2.42. The molecule has 0 bridgehead atoms. The van der Waals surface area contributed by atoms with Crippen LogP contribution in [0.1, 0.15) is 17.5 Å². The van der Waals surface area contributed by atoms with Gasteiger partial charge in [-0.1, -0.05) is 71.6 Å². The monoisotopic (exact) mass is 485 g/mol. The van der Waals surface area contributed by atoms with E-state index in [0.717, 1.165) is 11.1 Å². The van der Waals surface area contributed by atoms with E-state index in [-0.39, 0.29) is 31.3 Å². The molecule has 1 aliphatic rings. The van der Waals surface area contributed by atoms with Crippen LogP contribution in [0.2, 0.25) is 5.02 Å². The number of nitrogens with one attached hydrogen (secondary N) is 1. The zero-order chi connectivity index (χ0) is 23.8. The molecular formula is C25H25Cl2N3O3. The fraction of sp³-hybridized carbons (Fsp3) is 0.320. The van der Waals surface area contributed by atoms with Crippen LogP contribution in [-0.4, -0.2) is 58.7 Å². The van der Waals surface area contributed by atoms with Crippen molar-refractivity contribution in [1.29, 1.82) is 0 Å². The first-order valence-corrected chi connectivity index (χ1v) is 11.4. The Morgan fingerprint density at radius 1 is 1.12 bits per heavy atom. The van der Waals surface area contributed by atoms with Crippen LogP contribution < -0.4 is 5.32 Å². The van der Waals surface area contributed by atoms with Gasteiger partial charge >= 0.3 is 0 Å². The molecule has 8 heteroatoms. The Balaban J connectivity index is 1.65. The molecule has 0 saturated carbocycles. The van der Waals surface area contributed by atoms with E-state index in [1.807, 2.05) is 42.5 Å². The minimum absolute atomic E-state index is 0.0511. The third-order valence-electron chi connectivity index (χ3n) is 5.44. The standard InChI is InChI=1S/C25H25Cl2N3O3/c1-2-14-29-21(16-23(31)28-13-12-18-6-4-3-5-7-18)25(33)30(17-24(29)32)22(27)15-19-8-10-20(26)11-9-19/h1,3-11,21-22H,12-17H2,(H,28,31). The van der Waals surface area contributed by atoms with Crippen molar-refractivity contribution in [2.45, 2.75) is 30.8 Å². The van der Waals surface area contributed by atoms with Gasteiger partial charge in [0.05, 0.1) is 13.0 Å². The van der Waals surface area contributed by atoms with Gasteiger partial charge in [0, 0.05) is 18.0 Å². The Labute approximate surface area is 203 Å². The zero-order valence-electron chi connectivity index (χ0n) is 18.0. The molecule has 1 saturated heterocycles. The van der Waals surface area contributed by atoms with Crippen LogP contribution in [-0.2, 0) is 27.2 Å². The van der Waals surface area contributed by atoms with Gasteiger partial charge in [0.1, 0.15) is 18.1 Å². The summed E-state index contributed by atoms with van der Waals surface area (Å²) < 4.78 is 0. The molecule has 1 aliphatic heterocycles. The normalized spacial score (nSPS) is 16.9. The molecule has 0 aromatic heterocycles. The van der Waals surface area contributed by atoms with Crippen LogP contribution in [0.5, 0.6) is 0 Å². The topological polar surface area (TPSA) is 69.7 Å². The van der Waals surface area contributed by atoms with Gasteiger partial charge in [0.15, 0.2) is 0 Å². The maximum Gasteiger partial charge on any atom is 0.247 e. The highest BCUT2D eigenvalue weighted by Crippen LogP contribution is 2.22. The molecule has 172 valence electrons. The molecule has 3 amide bonds. The second kappa shape index (κ2) is 11.7. The van der Waals surface area contributed by atoms with E-state index >= 15 is 0 Å². The second-order valence-electron chi connectivity index (χ2n) is 7.76. The van der Waals surface area contributed by atoms with E-state index < -0.39 is 17.5 Å². The summed E-state index contributed by atoms with van der Waals surface area (Å²) in [5.41, 5.74) is 1.22. The van der Waals surface area contributed by atoms with Gasteiger partial charge in [-0.05, 0) is 29.7 Å². The number of amides is 3. The number of benzene rings is 2. The van der Waals surface area contributed by atoms with Crippen LogP contribution >= 0.6 is 23.2 Å². The molecule has 0 spiro atoms. The van der Waals surface area contributed by atoms with Crippen molar-refractivity contribution in [1.82, 2.24) is 15.1 Å². The molecule has 0 aliphatic carbocycles. The average Bonchev–Trinajstić information content (AvgIpc) is 2.80. The van der Waals surface area contributed by atoms with Gasteiger partial charge < -0.3 is 15.1 Å². The number of alkyl halides is 1. The van der Waals surface area contributed by atoms with Crippen LogP contribution in [0.4, 0.5) is 0 Å². The molecule has 2 atom stereocenters. The molecule has 1 heterocycles. The number of rotatable bonds is 9. The number of nitrogens with zero attached hydrogens (tertiary/aromatic N) is 2. The van der Waals surface area contributed by atoms with E-state index in [2.05, 4.69) is 11.2 Å². The molecule has 2 unspecified atom stereocenters. The van der Waals surface area contributed by atoms with E-state index in [9.17, 15) is 14.4 Å². The van der Waals surface area contributed by atoms with E-state index in [1.54, 1.807) is 12.1 Å². The van der Waals surface area contributed by atoms with Crippen LogP contribution in [0.25, 0.3) is 0 Å². The summed E-state index contributed by atoms with van der Waals surface area (Å²) in [6.07, 6.45) is 6.23. The lowest BCUT2D eigenvalue weighted by Gasteiger charge is -2.41. The first kappa shape index (κ1) is 24.6. The number of carbonyl (C=O) groups is 3. The summed E-state index contributed by atoms with van der Waals surface area (Å²) in [7, 11) is 0. The summed E-state index contributed by atoms with van der Waals surface area (Å²) in [5, 5.41) is 3.42. The first-order chi connectivity index (χ1) is 15.9. The lowest BCUT2D eigenvalue weighted by Crippen LogP contribution is -2.62. The Morgan fingerprint density at radius 2 is 1.82 bits per heavy atom. The van der Waals surface area contributed by atoms with Gasteiger partial charge in [-0.2, -0.15) is 0 Å². The summed E-state index contributed by atoms with van der Waals surface area (Å²) in [5.74, 6) is 1.35. The number of halogens is 2. The van der Waals surface area contributed by atoms with Crippen molar-refractivity contribution in [2.75, 3.05) is 19.6 Å². The van der Waals surface area contributed by atoms with Gasteiger partial charge in [-0.3, -0.25) is 14.4 Å². The maximum atomic E-state index is 13.3. The largest absolute Gasteiger partial charge is 0.356 e. The number of hydrogen-bond donors (Lipinski definition) is 1. The Morgan fingerprint density at radius 3 is 2.48 bits per heavy atom. The lowest BCUT2D eigenvalue weighted by molar-refractivity contribution is -0.157. The van der Waals surface area contributed by atoms with Gasteiger partial charge in [-0.25, -0.2) is 0 Å². The molecule has 33 heavy (non-hydrogen) atoms. The van der Waals surface area contributed by atoms with Crippen molar-refractivity contribution in [3.63, 3.8) is 0 Å². The number of hydrogen-bond acceptors (Lipinski definition) is 3. The number of carbonyl (C=O) groups excluding carboxylic acids is 3. The quantitative estimate of drug-likeness (QED) is 0.337. The average molecular weight is 486 g/mol. The van der Waals surface area contributed by atoms with Crippen molar-refractivity contribution in [2.24, 2.45) is 0 Å². The summed E-state index contributed by atoms with van der Waals surface area (Å²) >= 11 is 12.5. The summed E-state index contributed by atoms with van der Waals surface area (Å²) in [6, 6.07) is 15.9. The first-order valence-electron chi connectivity index (χ1n) is 10.6. The van der Waals surface area contributed by atoms with E-state index in [1.165, 1.54) is 9.80 Å². The molecule has 1 N–H and O–H groups in total. The van der Waals surface area contributed by atoms with Crippen LogP contribution in [0.3, 0.4) is 0 Å². The molecule has 2 aromatic carbocycles. The van der Waals surface area contributed by atoms with E-state index in [4.69, 9.17) is 29.6 Å². The zero-order valence-corrected chi connectivity index (χ0v) is 19.6. The molecule has 6 nitrogen and oxygen atoms in total. The summed E-state index contributed by atoms with van der Waals surface area (Å²) in [4.78, 5) is 41.2. The third kappa shape index (κ3) is 6.74. The lowest BCUT2D eigenvalue weighted by atomic mass is 10.0. The van der Waals surface area contributed by atoms with Crippen molar-refractivity contribution in [3.05, 3.63) is 70.7 Å². The second-order valence-corrected chi connectivity index (χ2v) is 8.70. The Kier molecular flexibility index (Phi) is 8.76. The molecule has 2 aromatic rings. The van der Waals surface area contributed by atoms with Crippen molar-refractivity contribution in [3.8, 4) is 12.3 Å². The molecule has 0 radical (unpaired) electrons. The predicted molar refractivity (Wildman–Crippen MR) is 129 cm³/mol. The van der Waals surface area contributed by atoms with Crippen LogP contribution in [0, 0.1) is 12.3 Å². The minimum atomic E-state index is -0.995. The van der Waals surface area contributed by atoms with Gasteiger partial charge in [-0.15, -0.1) is 6.42 Å². The SMILES string of the molecule is C#CCN1C(=O)CN(C(Cl)Cc2ccc(Cl)cc2)C(=O)C1CC(=O)NCCc1ccccc1. The van der Waals surface area contributed by atoms with Gasteiger partial charge in [0.2, 0.25) is 17.7 Å². The van der Waals surface area contributed by atoms with Crippen molar-refractivity contribution < 1.29 is 14.4 Å². The number of terminal acetylenes is 1. The molecular weight excluding hydrogens is 461 g/mol. The van der Waals surface area contributed by atoms with Crippen molar-refractivity contribution >= 4 is 40.9 Å². The molecule has 3 rings (SSSR count). The molecule has 1 fully saturated rings. The fourth-order valence-electron chi connectivity index (χ4n) is 3.71. The van der Waals surface area contributed by atoms with Gasteiger partial charge in [0.25, 0.3) is 0 Å². The number of piperazine rings is 1. The predicted octanol–water partition coefficient (Wildman–Crippen LogP) is 2.87. The van der Waals surface area contributed by atoms with E-state index in [0.29, 0.717) is 24.4 Å². The minimum Gasteiger partial charge on any atom is -0.356 e. The van der Waals surface area contributed by atoms with Crippen LogP contribution in [0.15, 0.2) is 54.6 Å². The fourth-order valence-corrected chi connectivity index (χ4v) is 4.18. The maximum absolute atomic E-state index is 13.3. The highest BCUT2D eigenvalue weighted by molar-refractivity contribution is 6.30.